The maximum absolute atomic E-state index is 12.7. The molecule has 0 N–H and O–H groups in total. The second-order valence-corrected chi connectivity index (χ2v) is 6.86. The van der Waals surface area contributed by atoms with Crippen LogP contribution in [-0.2, 0) is 16.0 Å². The first kappa shape index (κ1) is 19.5. The zero-order chi connectivity index (χ0) is 20.6. The number of rotatable bonds is 4. The molecule has 1 amide bonds. The lowest BCUT2D eigenvalue weighted by Crippen LogP contribution is -2.26. The van der Waals surface area contributed by atoms with Crippen LogP contribution in [0.4, 0.5) is 5.69 Å². The van der Waals surface area contributed by atoms with Crippen LogP contribution < -0.4 is 10.5 Å². The van der Waals surface area contributed by atoms with Crippen molar-refractivity contribution >= 4 is 23.3 Å². The lowest BCUT2D eigenvalue weighted by Gasteiger charge is -2.16. The van der Waals surface area contributed by atoms with Gasteiger partial charge in [0, 0.05) is 30.8 Å². The molecule has 0 saturated heterocycles. The molecule has 0 unspecified atom stereocenters. The number of benzene rings is 1. The predicted octanol–water partition coefficient (Wildman–Crippen LogP) is 2.59. The fourth-order valence-corrected chi connectivity index (χ4v) is 3.45. The number of ketones is 1. The minimum Gasteiger partial charge on any atom is -0.451 e. The number of aryl methyl sites for hydroxylation is 2. The molecule has 3 rings (SSSR count). The van der Waals surface area contributed by atoms with E-state index in [4.69, 9.17) is 9.15 Å². The molecule has 1 aliphatic heterocycles. The van der Waals surface area contributed by atoms with Crippen molar-refractivity contribution in [2.75, 3.05) is 11.4 Å². The molecule has 1 aromatic heterocycles. The molecule has 1 aliphatic rings. The molecule has 2 heterocycles. The maximum Gasteiger partial charge on any atom is 0.342 e. The predicted molar refractivity (Wildman–Crippen MR) is 102 cm³/mol. The Morgan fingerprint density at radius 1 is 1.18 bits per heavy atom. The van der Waals surface area contributed by atoms with Crippen LogP contribution in [0.2, 0.25) is 0 Å². The highest BCUT2D eigenvalue weighted by molar-refractivity contribution is 6.03. The van der Waals surface area contributed by atoms with Gasteiger partial charge in [-0.1, -0.05) is 0 Å². The molecular weight excluding hydrogens is 362 g/mol. The van der Waals surface area contributed by atoms with E-state index in [2.05, 4.69) is 0 Å². The highest BCUT2D eigenvalue weighted by atomic mass is 16.5. The van der Waals surface area contributed by atoms with Gasteiger partial charge in [0.15, 0.2) is 6.10 Å². The Morgan fingerprint density at radius 3 is 2.54 bits per heavy atom. The molecule has 0 saturated carbocycles. The first-order valence-corrected chi connectivity index (χ1v) is 8.96. The minimum atomic E-state index is -1.01. The number of hydrogen-bond acceptors (Lipinski definition) is 6. The molecule has 1 atom stereocenters. The van der Waals surface area contributed by atoms with Gasteiger partial charge in [0.2, 0.25) is 11.7 Å². The second kappa shape index (κ2) is 7.42. The number of ether oxygens (including phenoxy) is 1. The molecular formula is C21H21NO6. The molecule has 0 bridgehead atoms. The van der Waals surface area contributed by atoms with Crippen LogP contribution in [-0.4, -0.2) is 30.3 Å². The van der Waals surface area contributed by atoms with Crippen molar-refractivity contribution < 1.29 is 23.5 Å². The van der Waals surface area contributed by atoms with Gasteiger partial charge in [0.05, 0.1) is 0 Å². The zero-order valence-corrected chi connectivity index (χ0v) is 16.2. The monoisotopic (exact) mass is 383 g/mol. The quantitative estimate of drug-likeness (QED) is 0.595. The van der Waals surface area contributed by atoms with Crippen LogP contribution in [0.1, 0.15) is 51.5 Å². The number of hydrogen-bond donors (Lipinski definition) is 0. The lowest BCUT2D eigenvalue weighted by atomic mass is 10.0. The molecule has 2 aromatic rings. The summed E-state index contributed by atoms with van der Waals surface area (Å²) in [5.74, 6) is -0.953. The number of carbonyl (C=O) groups excluding carboxylic acids is 3. The van der Waals surface area contributed by atoms with Crippen LogP contribution in [0.15, 0.2) is 33.5 Å². The molecule has 28 heavy (non-hydrogen) atoms. The fourth-order valence-electron chi connectivity index (χ4n) is 3.45. The standard InChI is InChI=1S/C21H21NO6/c1-11-9-18(24)27-12(2)19(11)21(26)28-13(3)20(25)16-5-6-17-15(10-16)7-8-22(17)14(4)23/h5-6,9-10,13H,7-8H2,1-4H3/t13-/m0/s1. The summed E-state index contributed by atoms with van der Waals surface area (Å²) in [6.07, 6.45) is -0.340. The van der Waals surface area contributed by atoms with Crippen LogP contribution in [0.5, 0.6) is 0 Å². The highest BCUT2D eigenvalue weighted by Gasteiger charge is 2.27. The second-order valence-electron chi connectivity index (χ2n) is 6.86. The van der Waals surface area contributed by atoms with Crippen molar-refractivity contribution in [3.05, 3.63) is 62.7 Å². The van der Waals surface area contributed by atoms with Gasteiger partial charge in [-0.05, 0) is 56.5 Å². The fraction of sp³-hybridized carbons (Fsp3) is 0.333. The summed E-state index contributed by atoms with van der Waals surface area (Å²) in [7, 11) is 0. The number of anilines is 1. The van der Waals surface area contributed by atoms with Gasteiger partial charge in [-0.25, -0.2) is 9.59 Å². The molecule has 0 aliphatic carbocycles. The number of fused-ring (bicyclic) bond motifs is 1. The van der Waals surface area contributed by atoms with Crippen molar-refractivity contribution in [1.82, 2.24) is 0 Å². The van der Waals surface area contributed by atoms with Gasteiger partial charge in [0.1, 0.15) is 11.3 Å². The Hall–Kier alpha value is -3.22. The normalized spacial score (nSPS) is 13.8. The SMILES string of the molecule is CC(=O)N1CCc2cc(C(=O)[C@H](C)OC(=O)c3c(C)cc(=O)oc3C)ccc21. The molecule has 0 radical (unpaired) electrons. The van der Waals surface area contributed by atoms with E-state index in [-0.39, 0.29) is 23.0 Å². The maximum atomic E-state index is 12.7. The van der Waals surface area contributed by atoms with E-state index in [0.29, 0.717) is 24.1 Å². The van der Waals surface area contributed by atoms with E-state index >= 15 is 0 Å². The van der Waals surface area contributed by atoms with E-state index in [1.165, 1.54) is 26.8 Å². The third kappa shape index (κ3) is 3.60. The minimum absolute atomic E-state index is 0.0413. The Bertz CT molecular complexity index is 1010. The van der Waals surface area contributed by atoms with E-state index in [0.717, 1.165) is 11.3 Å². The first-order chi connectivity index (χ1) is 13.2. The Morgan fingerprint density at radius 2 is 1.89 bits per heavy atom. The highest BCUT2D eigenvalue weighted by Crippen LogP contribution is 2.29. The average Bonchev–Trinajstić information content (AvgIpc) is 3.03. The third-order valence-corrected chi connectivity index (χ3v) is 4.83. The van der Waals surface area contributed by atoms with Gasteiger partial charge < -0.3 is 14.1 Å². The van der Waals surface area contributed by atoms with Crippen molar-refractivity contribution in [1.29, 1.82) is 0 Å². The molecule has 7 heteroatoms. The number of nitrogens with zero attached hydrogens (tertiary/aromatic N) is 1. The third-order valence-electron chi connectivity index (χ3n) is 4.83. The molecule has 0 spiro atoms. The van der Waals surface area contributed by atoms with Gasteiger partial charge in [-0.2, -0.15) is 0 Å². The van der Waals surface area contributed by atoms with Gasteiger partial charge in [-0.3, -0.25) is 9.59 Å². The van der Waals surface area contributed by atoms with Crippen LogP contribution in [0.3, 0.4) is 0 Å². The summed E-state index contributed by atoms with van der Waals surface area (Å²) in [5.41, 5.74) is 2.16. The smallest absolute Gasteiger partial charge is 0.342 e. The van der Waals surface area contributed by atoms with Crippen molar-refractivity contribution in [2.45, 2.75) is 40.2 Å². The summed E-state index contributed by atoms with van der Waals surface area (Å²) < 4.78 is 10.3. The number of amides is 1. The van der Waals surface area contributed by atoms with Crippen molar-refractivity contribution in [3.8, 4) is 0 Å². The number of Topliss-reactive ketones (excluding diaryl/α,β-unsaturated/α-hetero) is 1. The largest absolute Gasteiger partial charge is 0.451 e. The van der Waals surface area contributed by atoms with Crippen molar-refractivity contribution in [2.24, 2.45) is 0 Å². The Kier molecular flexibility index (Phi) is 5.18. The Labute approximate surface area is 161 Å². The van der Waals surface area contributed by atoms with E-state index in [1.807, 2.05) is 0 Å². The summed E-state index contributed by atoms with van der Waals surface area (Å²) in [5, 5.41) is 0. The Balaban J connectivity index is 1.78. The average molecular weight is 383 g/mol. The summed E-state index contributed by atoms with van der Waals surface area (Å²) in [4.78, 5) is 49.9. The topological polar surface area (TPSA) is 93.9 Å². The molecule has 146 valence electrons. The van der Waals surface area contributed by atoms with E-state index in [1.54, 1.807) is 30.0 Å². The van der Waals surface area contributed by atoms with Crippen molar-refractivity contribution in [3.63, 3.8) is 0 Å². The van der Waals surface area contributed by atoms with Gasteiger partial charge in [-0.15, -0.1) is 0 Å². The van der Waals surface area contributed by atoms with Gasteiger partial charge in [0.25, 0.3) is 0 Å². The van der Waals surface area contributed by atoms with Crippen LogP contribution >= 0.6 is 0 Å². The zero-order valence-electron chi connectivity index (χ0n) is 16.2. The van der Waals surface area contributed by atoms with Crippen LogP contribution in [0.25, 0.3) is 0 Å². The van der Waals surface area contributed by atoms with Crippen LogP contribution in [0, 0.1) is 13.8 Å². The molecule has 1 aromatic carbocycles. The van der Waals surface area contributed by atoms with E-state index in [9.17, 15) is 19.2 Å². The first-order valence-electron chi connectivity index (χ1n) is 8.96. The summed E-state index contributed by atoms with van der Waals surface area (Å²) in [6.45, 7) is 6.70. The van der Waals surface area contributed by atoms with E-state index < -0.39 is 17.7 Å². The summed E-state index contributed by atoms with van der Waals surface area (Å²) >= 11 is 0. The number of carbonyl (C=O) groups is 3. The molecule has 0 fully saturated rings. The lowest BCUT2D eigenvalue weighted by molar-refractivity contribution is -0.116. The number of esters is 1. The molecule has 7 nitrogen and oxygen atoms in total. The van der Waals surface area contributed by atoms with Gasteiger partial charge >= 0.3 is 11.6 Å². The summed E-state index contributed by atoms with van der Waals surface area (Å²) in [6, 6.07) is 6.32.